The second kappa shape index (κ2) is 6.38. The van der Waals surface area contributed by atoms with Gasteiger partial charge in [0.1, 0.15) is 0 Å². The van der Waals surface area contributed by atoms with Crippen LogP contribution < -0.4 is 5.32 Å². The number of nitrogens with zero attached hydrogens (tertiary/aromatic N) is 1. The zero-order valence-electron chi connectivity index (χ0n) is 11.0. The summed E-state index contributed by atoms with van der Waals surface area (Å²) in [6.07, 6.45) is 1.23. The molecule has 0 radical (unpaired) electrons. The predicted molar refractivity (Wildman–Crippen MR) is 68.8 cm³/mol. The highest BCUT2D eigenvalue weighted by Crippen LogP contribution is 2.09. The molecule has 3 heteroatoms. The van der Waals surface area contributed by atoms with Crippen molar-refractivity contribution in [3.63, 3.8) is 0 Å². The highest BCUT2D eigenvalue weighted by atomic mass is 16.5. The molecular formula is C13H26N2O. The molecule has 0 aliphatic carbocycles. The third-order valence-electron chi connectivity index (χ3n) is 2.77. The molecule has 0 bridgehead atoms. The molecule has 1 heterocycles. The van der Waals surface area contributed by atoms with Gasteiger partial charge in [0, 0.05) is 18.6 Å². The Hall–Kier alpha value is -0.380. The van der Waals surface area contributed by atoms with E-state index in [2.05, 4.69) is 30.6 Å². The maximum atomic E-state index is 5.55. The maximum Gasteiger partial charge on any atom is 0.0672 e. The lowest BCUT2D eigenvalue weighted by Gasteiger charge is -2.29. The normalized spacial score (nSPS) is 21.7. The van der Waals surface area contributed by atoms with Crippen molar-refractivity contribution in [1.29, 1.82) is 0 Å². The zero-order chi connectivity index (χ0) is 12.0. The van der Waals surface area contributed by atoms with E-state index in [1.54, 1.807) is 0 Å². The van der Waals surface area contributed by atoms with Crippen LogP contribution in [0.1, 0.15) is 27.2 Å². The molecule has 0 spiro atoms. The highest BCUT2D eigenvalue weighted by molar-refractivity contribution is 4.87. The fraction of sp³-hybridized carbons (Fsp3) is 0.846. The van der Waals surface area contributed by atoms with E-state index in [0.29, 0.717) is 6.61 Å². The molecule has 0 aromatic rings. The van der Waals surface area contributed by atoms with Gasteiger partial charge in [-0.3, -0.25) is 4.90 Å². The van der Waals surface area contributed by atoms with Crippen LogP contribution in [-0.2, 0) is 4.74 Å². The summed E-state index contributed by atoms with van der Waals surface area (Å²) in [5.74, 6) is 0. The fourth-order valence-electron chi connectivity index (χ4n) is 2.05. The summed E-state index contributed by atoms with van der Waals surface area (Å²) in [6.45, 7) is 16.3. The molecule has 0 amide bonds. The molecule has 1 rings (SSSR count). The number of rotatable bonds is 5. The summed E-state index contributed by atoms with van der Waals surface area (Å²) in [5, 5.41) is 3.56. The Morgan fingerprint density at radius 2 is 2.25 bits per heavy atom. The number of nitrogens with one attached hydrogen (secondary N) is 1. The Morgan fingerprint density at radius 1 is 1.50 bits per heavy atom. The van der Waals surface area contributed by atoms with E-state index in [9.17, 15) is 0 Å². The van der Waals surface area contributed by atoms with Crippen molar-refractivity contribution < 1.29 is 4.74 Å². The van der Waals surface area contributed by atoms with E-state index in [-0.39, 0.29) is 5.54 Å². The van der Waals surface area contributed by atoms with Crippen LogP contribution in [-0.4, -0.2) is 49.8 Å². The van der Waals surface area contributed by atoms with Crippen molar-refractivity contribution in [2.75, 3.05) is 39.4 Å². The molecule has 0 saturated carbocycles. The minimum Gasteiger partial charge on any atom is -0.376 e. The molecule has 0 atom stereocenters. The quantitative estimate of drug-likeness (QED) is 0.570. The topological polar surface area (TPSA) is 24.5 Å². The van der Waals surface area contributed by atoms with Crippen LogP contribution >= 0.6 is 0 Å². The van der Waals surface area contributed by atoms with Crippen LogP contribution in [0.5, 0.6) is 0 Å². The van der Waals surface area contributed by atoms with Gasteiger partial charge >= 0.3 is 0 Å². The minimum atomic E-state index is 0.227. The first-order valence-corrected chi connectivity index (χ1v) is 6.19. The van der Waals surface area contributed by atoms with E-state index >= 15 is 0 Å². The first-order valence-electron chi connectivity index (χ1n) is 6.19. The average molecular weight is 226 g/mol. The summed E-state index contributed by atoms with van der Waals surface area (Å²) in [7, 11) is 0. The van der Waals surface area contributed by atoms with E-state index in [0.717, 1.165) is 31.8 Å². The van der Waals surface area contributed by atoms with E-state index in [4.69, 9.17) is 4.74 Å². The molecule has 1 N–H and O–H groups in total. The van der Waals surface area contributed by atoms with E-state index in [1.165, 1.54) is 13.0 Å². The van der Waals surface area contributed by atoms with Crippen LogP contribution in [0.25, 0.3) is 0 Å². The van der Waals surface area contributed by atoms with Gasteiger partial charge in [-0.25, -0.2) is 0 Å². The van der Waals surface area contributed by atoms with Gasteiger partial charge in [0.15, 0.2) is 0 Å². The van der Waals surface area contributed by atoms with Crippen molar-refractivity contribution in [1.82, 2.24) is 10.2 Å². The molecule has 1 aliphatic rings. The Kier molecular flexibility index (Phi) is 5.46. The molecule has 16 heavy (non-hydrogen) atoms. The Morgan fingerprint density at radius 3 is 2.94 bits per heavy atom. The number of hydrogen-bond donors (Lipinski definition) is 1. The lowest BCUT2D eigenvalue weighted by molar-refractivity contribution is 0.113. The van der Waals surface area contributed by atoms with Gasteiger partial charge in [-0.15, -0.1) is 0 Å². The zero-order valence-corrected chi connectivity index (χ0v) is 11.0. The van der Waals surface area contributed by atoms with Gasteiger partial charge in [-0.1, -0.05) is 12.2 Å². The van der Waals surface area contributed by atoms with Crippen molar-refractivity contribution in [2.24, 2.45) is 0 Å². The van der Waals surface area contributed by atoms with Crippen molar-refractivity contribution in [3.05, 3.63) is 12.2 Å². The van der Waals surface area contributed by atoms with Crippen molar-refractivity contribution in [3.8, 4) is 0 Å². The molecule has 1 aliphatic heterocycles. The first kappa shape index (κ1) is 13.7. The molecule has 1 fully saturated rings. The van der Waals surface area contributed by atoms with Crippen molar-refractivity contribution >= 4 is 0 Å². The van der Waals surface area contributed by atoms with Crippen LogP contribution in [0, 0.1) is 0 Å². The molecule has 3 nitrogen and oxygen atoms in total. The van der Waals surface area contributed by atoms with Crippen LogP contribution in [0.3, 0.4) is 0 Å². The second-order valence-electron chi connectivity index (χ2n) is 5.45. The smallest absolute Gasteiger partial charge is 0.0672 e. The number of ether oxygens (including phenoxy) is 1. The SMILES string of the molecule is C=C(C)COCCN1CCCNC(C)(C)C1. The molecular weight excluding hydrogens is 200 g/mol. The van der Waals surface area contributed by atoms with Gasteiger partial charge in [0.05, 0.1) is 13.2 Å². The van der Waals surface area contributed by atoms with Crippen LogP contribution in [0.2, 0.25) is 0 Å². The number of hydrogen-bond acceptors (Lipinski definition) is 3. The van der Waals surface area contributed by atoms with Gasteiger partial charge in [-0.05, 0) is 40.3 Å². The minimum absolute atomic E-state index is 0.227. The lowest BCUT2D eigenvalue weighted by Crippen LogP contribution is -2.47. The van der Waals surface area contributed by atoms with Gasteiger partial charge in [0.25, 0.3) is 0 Å². The molecule has 94 valence electrons. The van der Waals surface area contributed by atoms with Gasteiger partial charge in [-0.2, -0.15) is 0 Å². The van der Waals surface area contributed by atoms with Crippen LogP contribution in [0.15, 0.2) is 12.2 Å². The molecule has 0 aromatic heterocycles. The predicted octanol–water partition coefficient (Wildman–Crippen LogP) is 1.65. The second-order valence-corrected chi connectivity index (χ2v) is 5.45. The van der Waals surface area contributed by atoms with Gasteiger partial charge < -0.3 is 10.1 Å². The highest BCUT2D eigenvalue weighted by Gasteiger charge is 2.23. The Bertz CT molecular complexity index is 226. The summed E-state index contributed by atoms with van der Waals surface area (Å²) in [5.41, 5.74) is 1.32. The van der Waals surface area contributed by atoms with Gasteiger partial charge in [0.2, 0.25) is 0 Å². The Balaban J connectivity index is 2.22. The first-order chi connectivity index (χ1) is 7.49. The standard InChI is InChI=1S/C13H26N2O/c1-12(2)10-16-9-8-15-7-5-6-14-13(3,4)11-15/h14H,1,5-11H2,2-4H3. The summed E-state index contributed by atoms with van der Waals surface area (Å²) in [6, 6.07) is 0. The summed E-state index contributed by atoms with van der Waals surface area (Å²) in [4.78, 5) is 2.48. The fourth-order valence-corrected chi connectivity index (χ4v) is 2.05. The van der Waals surface area contributed by atoms with E-state index < -0.39 is 0 Å². The summed E-state index contributed by atoms with van der Waals surface area (Å²) < 4.78 is 5.55. The van der Waals surface area contributed by atoms with Crippen molar-refractivity contribution in [2.45, 2.75) is 32.7 Å². The largest absolute Gasteiger partial charge is 0.376 e. The molecule has 0 unspecified atom stereocenters. The molecule has 1 saturated heterocycles. The molecule has 0 aromatic carbocycles. The third-order valence-corrected chi connectivity index (χ3v) is 2.77. The maximum absolute atomic E-state index is 5.55. The average Bonchev–Trinajstić information content (AvgIpc) is 2.33. The van der Waals surface area contributed by atoms with E-state index in [1.807, 2.05) is 6.92 Å². The summed E-state index contributed by atoms with van der Waals surface area (Å²) >= 11 is 0. The monoisotopic (exact) mass is 226 g/mol. The lowest BCUT2D eigenvalue weighted by atomic mass is 10.1. The van der Waals surface area contributed by atoms with Crippen LogP contribution in [0.4, 0.5) is 0 Å². The Labute approximate surface area is 99.8 Å². The third kappa shape index (κ3) is 5.64.